The van der Waals surface area contributed by atoms with Gasteiger partial charge in [0.05, 0.1) is 6.42 Å². The van der Waals surface area contributed by atoms with E-state index in [1.807, 2.05) is 0 Å². The van der Waals surface area contributed by atoms with Gasteiger partial charge < -0.3 is 5.11 Å². The second kappa shape index (κ2) is 4.16. The van der Waals surface area contributed by atoms with Gasteiger partial charge in [-0.05, 0) is 23.3 Å². The molecule has 0 heterocycles. The fraction of sp³-hybridized carbons (Fsp3) is 0.133. The van der Waals surface area contributed by atoms with Gasteiger partial charge in [0.2, 0.25) is 0 Å². The van der Waals surface area contributed by atoms with Crippen LogP contribution in [0.25, 0.3) is 11.1 Å². The van der Waals surface area contributed by atoms with E-state index in [9.17, 15) is 13.6 Å². The molecular formula is C15H10F2O2. The molecule has 1 aliphatic rings. The largest absolute Gasteiger partial charge is 0.481 e. The van der Waals surface area contributed by atoms with Crippen LogP contribution in [0.1, 0.15) is 23.5 Å². The molecule has 3 rings (SSSR count). The topological polar surface area (TPSA) is 37.3 Å². The van der Waals surface area contributed by atoms with Crippen LogP contribution in [0.5, 0.6) is 0 Å². The van der Waals surface area contributed by atoms with Crippen LogP contribution in [0.4, 0.5) is 8.78 Å². The molecule has 0 saturated carbocycles. The monoisotopic (exact) mass is 260 g/mol. The molecule has 1 aliphatic carbocycles. The molecule has 0 bridgehead atoms. The van der Waals surface area contributed by atoms with Crippen molar-refractivity contribution in [2.45, 2.75) is 12.3 Å². The Morgan fingerprint density at radius 1 is 1.00 bits per heavy atom. The molecule has 19 heavy (non-hydrogen) atoms. The maximum atomic E-state index is 13.9. The van der Waals surface area contributed by atoms with Crippen molar-refractivity contribution in [3.8, 4) is 11.1 Å². The van der Waals surface area contributed by atoms with Crippen molar-refractivity contribution in [3.05, 3.63) is 59.2 Å². The summed E-state index contributed by atoms with van der Waals surface area (Å²) < 4.78 is 27.9. The van der Waals surface area contributed by atoms with Crippen molar-refractivity contribution in [2.24, 2.45) is 0 Å². The molecule has 1 N–H and O–H groups in total. The maximum absolute atomic E-state index is 13.9. The Labute approximate surface area is 108 Å². The molecule has 2 aromatic carbocycles. The van der Waals surface area contributed by atoms with E-state index in [4.69, 9.17) is 5.11 Å². The van der Waals surface area contributed by atoms with Crippen LogP contribution in [0.2, 0.25) is 0 Å². The van der Waals surface area contributed by atoms with Crippen LogP contribution in [-0.4, -0.2) is 11.1 Å². The molecule has 0 aromatic heterocycles. The second-order valence-electron chi connectivity index (χ2n) is 4.56. The Bertz CT molecular complexity index is 628. The number of halogens is 2. The minimum absolute atomic E-state index is 0.174. The van der Waals surface area contributed by atoms with Gasteiger partial charge in [0.25, 0.3) is 0 Å². The van der Waals surface area contributed by atoms with Crippen molar-refractivity contribution in [2.75, 3.05) is 0 Å². The third-order valence-corrected chi connectivity index (χ3v) is 3.47. The van der Waals surface area contributed by atoms with Crippen molar-refractivity contribution in [1.29, 1.82) is 0 Å². The number of carboxylic acid groups (broad SMARTS) is 1. The smallest absolute Gasteiger partial charge is 0.304 e. The summed E-state index contributed by atoms with van der Waals surface area (Å²) in [4.78, 5) is 11.0. The van der Waals surface area contributed by atoms with Crippen LogP contribution < -0.4 is 0 Å². The third kappa shape index (κ3) is 1.71. The van der Waals surface area contributed by atoms with E-state index in [0.29, 0.717) is 11.1 Å². The minimum Gasteiger partial charge on any atom is -0.481 e. The van der Waals surface area contributed by atoms with E-state index in [-0.39, 0.29) is 17.5 Å². The number of benzene rings is 2. The summed E-state index contributed by atoms with van der Waals surface area (Å²) in [5.74, 6) is -2.51. The summed E-state index contributed by atoms with van der Waals surface area (Å²) >= 11 is 0. The maximum Gasteiger partial charge on any atom is 0.304 e. The molecule has 0 aliphatic heterocycles. The lowest BCUT2D eigenvalue weighted by Gasteiger charge is -2.10. The Kier molecular flexibility index (Phi) is 2.59. The first kappa shape index (κ1) is 11.8. The van der Waals surface area contributed by atoms with Crippen LogP contribution in [-0.2, 0) is 4.79 Å². The molecule has 2 aromatic rings. The highest BCUT2D eigenvalue weighted by Gasteiger charge is 2.33. The molecule has 0 radical (unpaired) electrons. The first-order chi connectivity index (χ1) is 9.09. The predicted octanol–water partition coefficient (Wildman–Crippen LogP) is 3.55. The summed E-state index contributed by atoms with van der Waals surface area (Å²) in [7, 11) is 0. The average Bonchev–Trinajstić information content (AvgIpc) is 2.66. The molecule has 0 atom stereocenters. The van der Waals surface area contributed by atoms with Gasteiger partial charge in [0, 0.05) is 17.0 Å². The Morgan fingerprint density at radius 2 is 1.47 bits per heavy atom. The quantitative estimate of drug-likeness (QED) is 0.896. The lowest BCUT2D eigenvalue weighted by atomic mass is 9.94. The van der Waals surface area contributed by atoms with E-state index in [2.05, 4.69) is 0 Å². The normalized spacial score (nSPS) is 13.2. The molecular weight excluding hydrogens is 250 g/mol. The van der Waals surface area contributed by atoms with E-state index in [1.165, 1.54) is 24.3 Å². The molecule has 96 valence electrons. The van der Waals surface area contributed by atoms with Crippen molar-refractivity contribution in [3.63, 3.8) is 0 Å². The van der Waals surface area contributed by atoms with Crippen LogP contribution >= 0.6 is 0 Å². The fourth-order valence-corrected chi connectivity index (χ4v) is 2.75. The number of carboxylic acids is 1. The first-order valence-electron chi connectivity index (χ1n) is 5.88. The van der Waals surface area contributed by atoms with Gasteiger partial charge in [-0.2, -0.15) is 0 Å². The number of aliphatic carboxylic acids is 1. The van der Waals surface area contributed by atoms with Crippen LogP contribution in [0.15, 0.2) is 36.4 Å². The second-order valence-corrected chi connectivity index (χ2v) is 4.56. The summed E-state index contributed by atoms with van der Waals surface area (Å²) in [6.45, 7) is 0. The number of hydrogen-bond acceptors (Lipinski definition) is 1. The molecule has 2 nitrogen and oxygen atoms in total. The summed E-state index contributed by atoms with van der Waals surface area (Å²) in [5.41, 5.74) is 1.48. The van der Waals surface area contributed by atoms with Crippen molar-refractivity contribution in [1.82, 2.24) is 0 Å². The number of carbonyl (C=O) groups is 1. The van der Waals surface area contributed by atoms with E-state index >= 15 is 0 Å². The average molecular weight is 260 g/mol. The van der Waals surface area contributed by atoms with Gasteiger partial charge in [-0.15, -0.1) is 0 Å². The van der Waals surface area contributed by atoms with Gasteiger partial charge in [0.1, 0.15) is 11.6 Å². The molecule has 0 saturated heterocycles. The Morgan fingerprint density at radius 3 is 1.89 bits per heavy atom. The zero-order chi connectivity index (χ0) is 13.6. The SMILES string of the molecule is O=C(O)CC1c2cccc(F)c2-c2c(F)cccc21. The van der Waals surface area contributed by atoms with Crippen molar-refractivity contribution < 1.29 is 18.7 Å². The summed E-state index contributed by atoms with van der Waals surface area (Å²) in [5, 5.41) is 8.98. The van der Waals surface area contributed by atoms with Crippen molar-refractivity contribution >= 4 is 5.97 Å². The molecule has 0 amide bonds. The van der Waals surface area contributed by atoms with Gasteiger partial charge in [0.15, 0.2) is 0 Å². The van der Waals surface area contributed by atoms with E-state index in [0.717, 1.165) is 0 Å². The summed E-state index contributed by atoms with van der Waals surface area (Å²) in [6.07, 6.45) is -0.174. The standard InChI is InChI=1S/C15H10F2O2/c16-11-5-1-3-8-10(7-13(18)19)9-4-2-6-12(17)15(9)14(8)11/h1-6,10H,7H2,(H,18,19). The highest BCUT2D eigenvalue weighted by Crippen LogP contribution is 2.48. The number of hydrogen-bond donors (Lipinski definition) is 1. The highest BCUT2D eigenvalue weighted by atomic mass is 19.1. The fourth-order valence-electron chi connectivity index (χ4n) is 2.75. The third-order valence-electron chi connectivity index (χ3n) is 3.47. The molecule has 0 spiro atoms. The van der Waals surface area contributed by atoms with E-state index in [1.54, 1.807) is 12.1 Å². The Hall–Kier alpha value is -2.23. The van der Waals surface area contributed by atoms with Gasteiger partial charge >= 0.3 is 5.97 Å². The number of fused-ring (bicyclic) bond motifs is 3. The van der Waals surface area contributed by atoms with Gasteiger partial charge in [-0.25, -0.2) is 8.78 Å². The van der Waals surface area contributed by atoms with E-state index < -0.39 is 23.5 Å². The zero-order valence-corrected chi connectivity index (χ0v) is 9.86. The minimum atomic E-state index is -0.989. The predicted molar refractivity (Wildman–Crippen MR) is 65.9 cm³/mol. The first-order valence-corrected chi connectivity index (χ1v) is 5.88. The summed E-state index contributed by atoms with van der Waals surface area (Å²) in [6, 6.07) is 8.88. The highest BCUT2D eigenvalue weighted by molar-refractivity contribution is 5.82. The van der Waals surface area contributed by atoms with Gasteiger partial charge in [-0.1, -0.05) is 24.3 Å². The molecule has 0 unspecified atom stereocenters. The van der Waals surface area contributed by atoms with Crippen LogP contribution in [0, 0.1) is 11.6 Å². The molecule has 0 fully saturated rings. The lowest BCUT2D eigenvalue weighted by molar-refractivity contribution is -0.137. The van der Waals surface area contributed by atoms with Crippen LogP contribution in [0.3, 0.4) is 0 Å². The lowest BCUT2D eigenvalue weighted by Crippen LogP contribution is -2.05. The zero-order valence-electron chi connectivity index (χ0n) is 9.86. The van der Waals surface area contributed by atoms with Gasteiger partial charge in [-0.3, -0.25) is 4.79 Å². The molecule has 4 heteroatoms. The number of rotatable bonds is 2. The Balaban J connectivity index is 2.30.